The van der Waals surface area contributed by atoms with Crippen LogP contribution in [0.5, 0.6) is 5.75 Å². The zero-order valence-electron chi connectivity index (χ0n) is 15.6. The van der Waals surface area contributed by atoms with Crippen molar-refractivity contribution >= 4 is 16.8 Å². The monoisotopic (exact) mass is 375 g/mol. The molecular formula is C20H26FN3O3. The third kappa shape index (κ3) is 5.14. The summed E-state index contributed by atoms with van der Waals surface area (Å²) >= 11 is 0. The normalized spacial score (nSPS) is 17.5. The third-order valence-electron chi connectivity index (χ3n) is 4.62. The lowest BCUT2D eigenvalue weighted by molar-refractivity contribution is 0.0930. The number of para-hydroxylation sites is 1. The number of benzene rings is 1. The first-order valence-corrected chi connectivity index (χ1v) is 9.41. The molecule has 1 amide bonds. The highest BCUT2D eigenvalue weighted by Gasteiger charge is 2.19. The van der Waals surface area contributed by atoms with Crippen LogP contribution in [-0.4, -0.2) is 50.3 Å². The number of nitrogens with zero attached hydrogens (tertiary/aromatic N) is 1. The van der Waals surface area contributed by atoms with E-state index in [1.807, 2.05) is 0 Å². The molecule has 1 atom stereocenters. The number of ether oxygens (including phenoxy) is 2. The van der Waals surface area contributed by atoms with Gasteiger partial charge in [-0.1, -0.05) is 12.5 Å². The number of hydrogen-bond donors (Lipinski definition) is 2. The fraction of sp³-hybridized carbons (Fsp3) is 0.500. The highest BCUT2D eigenvalue weighted by Crippen LogP contribution is 2.27. The summed E-state index contributed by atoms with van der Waals surface area (Å²) in [6, 6.07) is 6.32. The van der Waals surface area contributed by atoms with Crippen LogP contribution in [0.1, 0.15) is 36.2 Å². The Morgan fingerprint density at radius 1 is 1.37 bits per heavy atom. The highest BCUT2D eigenvalue weighted by molar-refractivity contribution is 5.97. The van der Waals surface area contributed by atoms with Gasteiger partial charge in [0.15, 0.2) is 0 Å². The van der Waals surface area contributed by atoms with Gasteiger partial charge < -0.3 is 20.1 Å². The van der Waals surface area contributed by atoms with Crippen molar-refractivity contribution < 1.29 is 18.7 Å². The van der Waals surface area contributed by atoms with Crippen LogP contribution in [0.15, 0.2) is 24.3 Å². The number of fused-ring (bicyclic) bond motifs is 1. The highest BCUT2D eigenvalue weighted by atomic mass is 19.1. The Morgan fingerprint density at radius 2 is 2.26 bits per heavy atom. The maximum absolute atomic E-state index is 14.3. The third-order valence-corrected chi connectivity index (χ3v) is 4.62. The lowest BCUT2D eigenvalue weighted by atomic mass is 10.1. The van der Waals surface area contributed by atoms with Gasteiger partial charge in [-0.05, 0) is 31.5 Å². The van der Waals surface area contributed by atoms with Gasteiger partial charge in [0.1, 0.15) is 22.8 Å². The molecule has 0 spiro atoms. The van der Waals surface area contributed by atoms with Crippen LogP contribution < -0.4 is 15.4 Å². The van der Waals surface area contributed by atoms with E-state index in [1.54, 1.807) is 25.3 Å². The number of carbonyl (C=O) groups is 1. The number of amides is 1. The molecule has 2 heterocycles. The molecule has 0 radical (unpaired) electrons. The molecule has 146 valence electrons. The summed E-state index contributed by atoms with van der Waals surface area (Å²) in [7, 11) is 1.63. The number of carbonyl (C=O) groups excluding carboxylic acids is 1. The van der Waals surface area contributed by atoms with Gasteiger partial charge >= 0.3 is 0 Å². The van der Waals surface area contributed by atoms with Crippen molar-refractivity contribution in [2.24, 2.45) is 0 Å². The number of rotatable bonds is 7. The molecule has 1 aliphatic rings. The molecule has 1 aromatic heterocycles. The Hall–Kier alpha value is -2.25. The van der Waals surface area contributed by atoms with Gasteiger partial charge in [0, 0.05) is 44.2 Å². The van der Waals surface area contributed by atoms with E-state index in [4.69, 9.17) is 9.47 Å². The van der Waals surface area contributed by atoms with Crippen molar-refractivity contribution in [2.75, 3.05) is 33.4 Å². The molecule has 1 aromatic carbocycles. The topological polar surface area (TPSA) is 72.5 Å². The minimum Gasteiger partial charge on any atom is -0.493 e. The van der Waals surface area contributed by atoms with Crippen LogP contribution in [0.4, 0.5) is 4.39 Å². The van der Waals surface area contributed by atoms with E-state index in [0.29, 0.717) is 30.8 Å². The summed E-state index contributed by atoms with van der Waals surface area (Å²) in [4.78, 5) is 17.0. The van der Waals surface area contributed by atoms with Gasteiger partial charge in [-0.15, -0.1) is 0 Å². The Balaban J connectivity index is 1.83. The summed E-state index contributed by atoms with van der Waals surface area (Å²) in [5.74, 6) is -0.324. The smallest absolute Gasteiger partial charge is 0.270 e. The van der Waals surface area contributed by atoms with Crippen molar-refractivity contribution in [3.8, 4) is 5.75 Å². The van der Waals surface area contributed by atoms with Gasteiger partial charge in [0.05, 0.1) is 6.61 Å². The van der Waals surface area contributed by atoms with Gasteiger partial charge in [-0.25, -0.2) is 9.37 Å². The molecule has 7 heteroatoms. The fourth-order valence-electron chi connectivity index (χ4n) is 3.21. The van der Waals surface area contributed by atoms with E-state index in [2.05, 4.69) is 15.6 Å². The number of nitrogens with one attached hydrogen (secondary N) is 2. The summed E-state index contributed by atoms with van der Waals surface area (Å²) in [5, 5.41) is 6.87. The maximum atomic E-state index is 14.3. The molecule has 2 N–H and O–H groups in total. The van der Waals surface area contributed by atoms with Crippen molar-refractivity contribution in [1.29, 1.82) is 0 Å². The zero-order valence-corrected chi connectivity index (χ0v) is 15.6. The van der Waals surface area contributed by atoms with Gasteiger partial charge in [0.25, 0.3) is 5.91 Å². The molecule has 1 fully saturated rings. The standard InChI is InChI=1S/C20H26FN3O3/c1-26-10-5-11-27-18-12-17(24-19-15(18)7-4-8-16(19)21)20(25)23-14-6-2-3-9-22-13-14/h4,7-8,12,14,22H,2-3,5-6,9-11,13H2,1H3,(H,23,25). The van der Waals surface area contributed by atoms with E-state index < -0.39 is 5.82 Å². The van der Waals surface area contributed by atoms with E-state index in [0.717, 1.165) is 32.4 Å². The van der Waals surface area contributed by atoms with Gasteiger partial charge in [-0.3, -0.25) is 4.79 Å². The minimum atomic E-state index is -0.472. The number of hydrogen-bond acceptors (Lipinski definition) is 5. The largest absolute Gasteiger partial charge is 0.493 e. The van der Waals surface area contributed by atoms with E-state index in [1.165, 1.54) is 6.07 Å². The zero-order chi connectivity index (χ0) is 19.1. The van der Waals surface area contributed by atoms with Crippen LogP contribution in [0.2, 0.25) is 0 Å². The second-order valence-electron chi connectivity index (χ2n) is 6.71. The molecule has 1 unspecified atom stereocenters. The Bertz CT molecular complexity index is 776. The lowest BCUT2D eigenvalue weighted by Gasteiger charge is -2.17. The van der Waals surface area contributed by atoms with Gasteiger partial charge in [-0.2, -0.15) is 0 Å². The first kappa shape index (κ1) is 19.5. The summed E-state index contributed by atoms with van der Waals surface area (Å²) in [6.07, 6.45) is 3.78. The first-order valence-electron chi connectivity index (χ1n) is 9.41. The van der Waals surface area contributed by atoms with Crippen molar-refractivity contribution in [3.05, 3.63) is 35.8 Å². The van der Waals surface area contributed by atoms with E-state index >= 15 is 0 Å². The Kier molecular flexibility index (Phi) is 6.95. The molecule has 3 rings (SSSR count). The fourth-order valence-corrected chi connectivity index (χ4v) is 3.21. The van der Waals surface area contributed by atoms with Crippen LogP contribution in [0.3, 0.4) is 0 Å². The molecule has 0 aliphatic carbocycles. The predicted molar refractivity (Wildman–Crippen MR) is 102 cm³/mol. The number of aromatic nitrogens is 1. The quantitative estimate of drug-likeness (QED) is 0.728. The lowest BCUT2D eigenvalue weighted by Crippen LogP contribution is -2.41. The average molecular weight is 375 g/mol. The second kappa shape index (κ2) is 9.62. The molecule has 6 nitrogen and oxygen atoms in total. The number of pyridine rings is 1. The summed E-state index contributed by atoms with van der Waals surface area (Å²) < 4.78 is 25.1. The van der Waals surface area contributed by atoms with E-state index in [-0.39, 0.29) is 23.2 Å². The second-order valence-corrected chi connectivity index (χ2v) is 6.71. The molecule has 0 saturated carbocycles. The molecule has 1 aliphatic heterocycles. The van der Waals surface area contributed by atoms with Gasteiger partial charge in [0.2, 0.25) is 0 Å². The molecule has 1 saturated heterocycles. The maximum Gasteiger partial charge on any atom is 0.270 e. The number of halogens is 1. The molecule has 0 bridgehead atoms. The number of methoxy groups -OCH3 is 1. The first-order chi connectivity index (χ1) is 13.2. The Morgan fingerprint density at radius 3 is 3.11 bits per heavy atom. The summed E-state index contributed by atoms with van der Waals surface area (Å²) in [5.41, 5.74) is 0.310. The van der Waals surface area contributed by atoms with Crippen LogP contribution in [0, 0.1) is 5.82 Å². The Labute approximate surface area is 158 Å². The average Bonchev–Trinajstić information content (AvgIpc) is 2.94. The van der Waals surface area contributed by atoms with E-state index in [9.17, 15) is 9.18 Å². The van der Waals surface area contributed by atoms with Crippen molar-refractivity contribution in [1.82, 2.24) is 15.6 Å². The van der Waals surface area contributed by atoms with Crippen LogP contribution in [-0.2, 0) is 4.74 Å². The summed E-state index contributed by atoms with van der Waals surface area (Å²) in [6.45, 7) is 2.68. The predicted octanol–water partition coefficient (Wildman–Crippen LogP) is 2.66. The van der Waals surface area contributed by atoms with Crippen LogP contribution >= 0.6 is 0 Å². The molecular weight excluding hydrogens is 349 g/mol. The molecule has 27 heavy (non-hydrogen) atoms. The minimum absolute atomic E-state index is 0.0455. The van der Waals surface area contributed by atoms with Crippen LogP contribution in [0.25, 0.3) is 10.9 Å². The molecule has 2 aromatic rings. The van der Waals surface area contributed by atoms with Crippen molar-refractivity contribution in [3.63, 3.8) is 0 Å². The SMILES string of the molecule is COCCCOc1cc(C(=O)NC2CCCCNC2)nc2c(F)cccc12. The van der Waals surface area contributed by atoms with Crippen molar-refractivity contribution in [2.45, 2.75) is 31.7 Å².